The second-order valence-corrected chi connectivity index (χ2v) is 11.1. The van der Waals surface area contributed by atoms with Gasteiger partial charge in [-0.15, -0.1) is 11.3 Å². The van der Waals surface area contributed by atoms with Crippen LogP contribution in [-0.2, 0) is 39.6 Å². The van der Waals surface area contributed by atoms with Crippen LogP contribution < -0.4 is 5.73 Å². The van der Waals surface area contributed by atoms with E-state index >= 15 is 0 Å². The minimum absolute atomic E-state index is 0.0240. The van der Waals surface area contributed by atoms with E-state index in [0.29, 0.717) is 0 Å². The zero-order valence-electron chi connectivity index (χ0n) is 18.3. The number of fused-ring (bicyclic) bond motifs is 3. The first-order valence-electron chi connectivity index (χ1n) is 10.4. The Morgan fingerprint density at radius 1 is 1.43 bits per heavy atom. The van der Waals surface area contributed by atoms with Crippen molar-refractivity contribution >= 4 is 56.6 Å². The number of aromatic nitrogens is 1. The van der Waals surface area contributed by atoms with Gasteiger partial charge in [-0.3, -0.25) is 23.5 Å². The molecule has 3 aliphatic rings. The molecule has 5 atom stereocenters. The zero-order valence-corrected chi connectivity index (χ0v) is 19.9. The molecule has 0 spiro atoms. The van der Waals surface area contributed by atoms with Crippen molar-refractivity contribution in [3.63, 3.8) is 0 Å². The summed E-state index contributed by atoms with van der Waals surface area (Å²) >= 11 is 1.01. The molecule has 5 N–H and O–H groups in total. The number of nitrogens with zero attached hydrogens (tertiary/aromatic N) is 3. The number of ketones is 1. The molecule has 14 nitrogen and oxygen atoms in total. The summed E-state index contributed by atoms with van der Waals surface area (Å²) in [7, 11) is -1.75. The maximum Gasteiger partial charge on any atom is 0.370 e. The number of thiazole rings is 1. The Morgan fingerprint density at radius 3 is 2.69 bits per heavy atom. The van der Waals surface area contributed by atoms with Crippen LogP contribution in [0.4, 0.5) is 5.13 Å². The summed E-state index contributed by atoms with van der Waals surface area (Å²) in [6.07, 6.45) is -0.805. The van der Waals surface area contributed by atoms with Crippen LogP contribution in [-0.4, -0.2) is 94.4 Å². The highest BCUT2D eigenvalue weighted by Gasteiger charge is 2.72. The Bertz CT molecular complexity index is 1150. The Balaban J connectivity index is 1.61. The summed E-state index contributed by atoms with van der Waals surface area (Å²) < 4.78 is 18.0. The van der Waals surface area contributed by atoms with Gasteiger partial charge in [-0.1, -0.05) is 5.16 Å². The molecule has 0 radical (unpaired) electrons. The fourth-order valence-electron chi connectivity index (χ4n) is 4.24. The van der Waals surface area contributed by atoms with Crippen molar-refractivity contribution in [3.05, 3.63) is 11.1 Å². The van der Waals surface area contributed by atoms with Gasteiger partial charge in [-0.05, 0) is 6.92 Å². The average molecular weight is 531 g/mol. The van der Waals surface area contributed by atoms with Gasteiger partial charge in [0.25, 0.3) is 5.72 Å². The van der Waals surface area contributed by atoms with Crippen molar-refractivity contribution in [1.82, 2.24) is 9.88 Å². The van der Waals surface area contributed by atoms with Crippen molar-refractivity contribution in [1.29, 1.82) is 0 Å². The third kappa shape index (κ3) is 3.99. The van der Waals surface area contributed by atoms with Crippen molar-refractivity contribution in [2.45, 2.75) is 36.5 Å². The number of carboxylic acid groups (broad SMARTS) is 1. The predicted octanol–water partition coefficient (Wildman–Crippen LogP) is -1.96. The molecule has 0 aliphatic carbocycles. The molecule has 0 bridgehead atoms. The number of carbonyl (C=O) groups excluding carboxylic acids is 3. The van der Waals surface area contributed by atoms with E-state index < -0.39 is 82.6 Å². The van der Waals surface area contributed by atoms with Gasteiger partial charge in [-0.2, -0.15) is 0 Å². The Hall–Kier alpha value is -2.95. The lowest BCUT2D eigenvalue weighted by molar-refractivity contribution is -0.220. The fourth-order valence-corrected chi connectivity index (χ4v) is 6.80. The molecule has 3 aliphatic heterocycles. The summed E-state index contributed by atoms with van der Waals surface area (Å²) in [6.45, 7) is 0.0983. The standard InChI is InChI=1S/C19H22N4O10S2/c1-18(6-24,7-25)33-22-13(10-4-34-17(20)21-10)11(26)3-9-14(28)23-15(9)35(31)5-8-2-12(27)32-19(8,23)16(29)30/h4,8-9,15,24-25H,2-3,5-7H2,1H3,(H2,20,21)(H,29,30)/b22-13-/t8-,9+,15+,19+,35-/m0/s1. The highest BCUT2D eigenvalue weighted by molar-refractivity contribution is 7.85. The number of esters is 1. The number of carbonyl (C=O) groups is 4. The molecule has 35 heavy (non-hydrogen) atoms. The van der Waals surface area contributed by atoms with E-state index in [1.54, 1.807) is 0 Å². The number of rotatable bonds is 9. The monoisotopic (exact) mass is 530 g/mol. The minimum atomic E-state index is -2.25. The van der Waals surface area contributed by atoms with Gasteiger partial charge in [0.1, 0.15) is 11.1 Å². The molecule has 1 aromatic heterocycles. The lowest BCUT2D eigenvalue weighted by Crippen LogP contribution is -2.78. The molecular weight excluding hydrogens is 508 g/mol. The van der Waals surface area contributed by atoms with Crippen LogP contribution in [0, 0.1) is 11.8 Å². The first-order valence-corrected chi connectivity index (χ1v) is 12.6. The summed E-state index contributed by atoms with van der Waals surface area (Å²) in [5.41, 5.74) is 1.55. The third-order valence-electron chi connectivity index (χ3n) is 6.15. The van der Waals surface area contributed by atoms with Gasteiger partial charge >= 0.3 is 11.9 Å². The van der Waals surface area contributed by atoms with Crippen LogP contribution >= 0.6 is 11.3 Å². The number of carboxylic acids is 1. The minimum Gasteiger partial charge on any atom is -0.477 e. The average Bonchev–Trinajstić information content (AvgIpc) is 3.38. The molecule has 3 fully saturated rings. The van der Waals surface area contributed by atoms with Crippen molar-refractivity contribution in [2.75, 3.05) is 24.7 Å². The molecule has 4 heterocycles. The molecule has 4 rings (SSSR count). The second kappa shape index (κ2) is 8.92. The van der Waals surface area contributed by atoms with E-state index in [2.05, 4.69) is 10.1 Å². The smallest absolute Gasteiger partial charge is 0.370 e. The van der Waals surface area contributed by atoms with Gasteiger partial charge in [0.05, 0.1) is 31.5 Å². The topological polar surface area (TPSA) is 219 Å². The van der Waals surface area contributed by atoms with Gasteiger partial charge in [0, 0.05) is 28.4 Å². The second-order valence-electron chi connectivity index (χ2n) is 8.63. The van der Waals surface area contributed by atoms with Crippen molar-refractivity contribution in [3.8, 4) is 0 Å². The number of hydrogen-bond acceptors (Lipinski definition) is 13. The van der Waals surface area contributed by atoms with E-state index in [0.717, 1.165) is 16.2 Å². The number of aliphatic hydroxyl groups is 2. The number of aliphatic carboxylic acids is 1. The van der Waals surface area contributed by atoms with Crippen molar-refractivity contribution in [2.24, 2.45) is 17.0 Å². The highest BCUT2D eigenvalue weighted by atomic mass is 32.2. The number of hydrogen-bond donors (Lipinski definition) is 4. The SMILES string of the molecule is CC(CO)(CO)O/N=C(\C(=O)C[C@@H]1C(=O)N2[C@@H]1[S@@](=O)C[C@@H]1CC(=O)O[C@@]12C(=O)O)c1csc(N)n1. The number of anilines is 1. The maximum atomic E-state index is 13.2. The number of β-lactam (4-membered cyclic amide) rings is 1. The van der Waals surface area contributed by atoms with Crippen LogP contribution in [0.25, 0.3) is 0 Å². The lowest BCUT2D eigenvalue weighted by atomic mass is 9.84. The molecule has 16 heteroatoms. The summed E-state index contributed by atoms with van der Waals surface area (Å²) in [6, 6.07) is 0. The van der Waals surface area contributed by atoms with Crippen LogP contribution in [0.2, 0.25) is 0 Å². The number of amides is 1. The molecule has 0 saturated carbocycles. The molecule has 1 aromatic rings. The van der Waals surface area contributed by atoms with Crippen molar-refractivity contribution < 1.29 is 48.3 Å². The fraction of sp³-hybridized carbons (Fsp3) is 0.579. The molecule has 190 valence electrons. The number of nitrogens with two attached hydrogens (primary N) is 1. The largest absolute Gasteiger partial charge is 0.477 e. The predicted molar refractivity (Wildman–Crippen MR) is 118 cm³/mol. The number of nitrogen functional groups attached to an aromatic ring is 1. The van der Waals surface area contributed by atoms with Gasteiger partial charge in [-0.25, -0.2) is 9.78 Å². The van der Waals surface area contributed by atoms with Crippen LogP contribution in [0.3, 0.4) is 0 Å². The molecule has 0 aromatic carbocycles. The number of oxime groups is 1. The molecular formula is C19H22N4O10S2. The number of aliphatic hydroxyl groups excluding tert-OH is 2. The van der Waals surface area contributed by atoms with E-state index in [9.17, 15) is 38.7 Å². The van der Waals surface area contributed by atoms with E-state index in [-0.39, 0.29) is 28.7 Å². The first-order chi connectivity index (χ1) is 16.5. The van der Waals surface area contributed by atoms with Crippen LogP contribution in [0.5, 0.6) is 0 Å². The number of ether oxygens (including phenoxy) is 1. The Morgan fingerprint density at radius 2 is 2.11 bits per heavy atom. The van der Waals surface area contributed by atoms with Crippen LogP contribution in [0.1, 0.15) is 25.5 Å². The lowest BCUT2D eigenvalue weighted by Gasteiger charge is -2.56. The number of Topliss-reactive ketones (excluding diaryl/α,β-unsaturated/α-hetero) is 1. The van der Waals surface area contributed by atoms with E-state index in [1.807, 2.05) is 0 Å². The third-order valence-corrected chi connectivity index (χ3v) is 8.63. The zero-order chi connectivity index (χ0) is 25.7. The Labute approximate surface area is 204 Å². The maximum absolute atomic E-state index is 13.2. The van der Waals surface area contributed by atoms with Crippen LogP contribution in [0.15, 0.2) is 10.5 Å². The Kier molecular flexibility index (Phi) is 6.41. The normalized spacial score (nSPS) is 30.3. The van der Waals surface area contributed by atoms with E-state index in [1.165, 1.54) is 12.3 Å². The van der Waals surface area contributed by atoms with Gasteiger partial charge in [0.15, 0.2) is 22.2 Å². The molecule has 0 unspecified atom stereocenters. The first kappa shape index (κ1) is 25.2. The summed E-state index contributed by atoms with van der Waals surface area (Å²) in [4.78, 5) is 60.1. The quantitative estimate of drug-likeness (QED) is 0.118. The molecule has 1 amide bonds. The van der Waals surface area contributed by atoms with Gasteiger partial charge in [0.2, 0.25) is 5.91 Å². The van der Waals surface area contributed by atoms with E-state index in [4.69, 9.17) is 15.3 Å². The summed E-state index contributed by atoms with van der Waals surface area (Å²) in [5, 5.41) is 32.8. The summed E-state index contributed by atoms with van der Waals surface area (Å²) in [5.74, 6) is -6.23. The van der Waals surface area contributed by atoms with Gasteiger partial charge < -0.3 is 30.6 Å². The molecule has 3 saturated heterocycles. The highest BCUT2D eigenvalue weighted by Crippen LogP contribution is 2.50.